The molecule has 200 valence electrons. The zero-order valence-corrected chi connectivity index (χ0v) is 22.3. The molecule has 38 heavy (non-hydrogen) atoms. The maximum atomic E-state index is 13.2. The Hall–Kier alpha value is -3.31. The van der Waals surface area contributed by atoms with Crippen LogP contribution in [0, 0.1) is 17.0 Å². The fraction of sp³-hybridized carbons (Fsp3) is 0.296. The monoisotopic (exact) mass is 557 g/mol. The molecule has 2 atom stereocenters. The Morgan fingerprint density at radius 1 is 1.11 bits per heavy atom. The third-order valence-corrected chi connectivity index (χ3v) is 8.18. The first kappa shape index (κ1) is 27.7. The van der Waals surface area contributed by atoms with E-state index in [2.05, 4.69) is 5.32 Å². The Labute approximate surface area is 226 Å². The topological polar surface area (TPSA) is 119 Å². The van der Waals surface area contributed by atoms with Gasteiger partial charge in [-0.25, -0.2) is 0 Å². The second kappa shape index (κ2) is 12.0. The summed E-state index contributed by atoms with van der Waals surface area (Å²) in [5, 5.41) is 14.3. The predicted molar refractivity (Wildman–Crippen MR) is 143 cm³/mol. The van der Waals surface area contributed by atoms with Gasteiger partial charge in [-0.15, -0.1) is 0 Å². The Balaban J connectivity index is 1.44. The molecule has 0 unspecified atom stereocenters. The summed E-state index contributed by atoms with van der Waals surface area (Å²) >= 11 is 6.35. The van der Waals surface area contributed by atoms with Crippen LogP contribution in [0.25, 0.3) is 0 Å². The van der Waals surface area contributed by atoms with E-state index in [9.17, 15) is 23.3 Å². The average Bonchev–Trinajstić information content (AvgIpc) is 3.27. The highest BCUT2D eigenvalue weighted by Gasteiger charge is 2.39. The number of carbonyl (C=O) groups excluding carboxylic acids is 1. The van der Waals surface area contributed by atoms with Gasteiger partial charge in [0.1, 0.15) is 0 Å². The van der Waals surface area contributed by atoms with Crippen LogP contribution in [0.15, 0.2) is 77.7 Å². The number of nitrogens with zero attached hydrogens (tertiary/aromatic N) is 2. The van der Waals surface area contributed by atoms with Crippen molar-refractivity contribution < 1.29 is 22.3 Å². The fourth-order valence-corrected chi connectivity index (χ4v) is 5.67. The van der Waals surface area contributed by atoms with Crippen molar-refractivity contribution in [1.82, 2.24) is 10.2 Å². The molecule has 3 aromatic carbocycles. The van der Waals surface area contributed by atoms with Gasteiger partial charge < -0.3 is 5.32 Å². The zero-order valence-electron chi connectivity index (χ0n) is 20.7. The molecule has 0 aliphatic carbocycles. The van der Waals surface area contributed by atoms with Crippen molar-refractivity contribution >= 4 is 33.3 Å². The van der Waals surface area contributed by atoms with E-state index in [0.29, 0.717) is 24.5 Å². The van der Waals surface area contributed by atoms with Gasteiger partial charge in [-0.2, -0.15) is 8.42 Å². The number of nitrogens with one attached hydrogen (secondary N) is 1. The van der Waals surface area contributed by atoms with E-state index in [0.717, 1.165) is 16.7 Å². The van der Waals surface area contributed by atoms with E-state index in [1.54, 1.807) is 30.3 Å². The summed E-state index contributed by atoms with van der Waals surface area (Å²) in [7, 11) is -4.01. The van der Waals surface area contributed by atoms with Crippen LogP contribution < -0.4 is 5.32 Å². The Morgan fingerprint density at radius 2 is 1.79 bits per heavy atom. The summed E-state index contributed by atoms with van der Waals surface area (Å²) in [5.41, 5.74) is 2.60. The molecule has 0 bridgehead atoms. The number of hydrogen-bond donors (Lipinski definition) is 1. The molecular weight excluding hydrogens is 530 g/mol. The minimum Gasteiger partial charge on any atom is -0.354 e. The van der Waals surface area contributed by atoms with E-state index in [1.807, 2.05) is 30.0 Å². The van der Waals surface area contributed by atoms with Crippen LogP contribution in [0.1, 0.15) is 23.1 Å². The SMILES string of the molecule is Cc1ccc(S(=O)(=O)O[C@@H]2C[C@@H](C(=O)NCCc3ccc([N+](=O)[O-])cc3)N(Cc3ccccc3Cl)C2)cc1. The molecule has 1 heterocycles. The van der Waals surface area contributed by atoms with E-state index < -0.39 is 27.2 Å². The van der Waals surface area contributed by atoms with Crippen molar-refractivity contribution in [2.45, 2.75) is 43.4 Å². The summed E-state index contributed by atoms with van der Waals surface area (Å²) in [6.07, 6.45) is -0.0315. The van der Waals surface area contributed by atoms with E-state index in [1.165, 1.54) is 24.3 Å². The number of hydrogen-bond acceptors (Lipinski definition) is 7. The Kier molecular flexibility index (Phi) is 8.78. The minimum atomic E-state index is -4.01. The molecule has 1 saturated heterocycles. The van der Waals surface area contributed by atoms with Crippen molar-refractivity contribution in [3.63, 3.8) is 0 Å². The normalized spacial score (nSPS) is 17.8. The number of likely N-dealkylation sites (tertiary alicyclic amines) is 1. The predicted octanol–water partition coefficient (Wildman–Crippen LogP) is 4.26. The number of carbonyl (C=O) groups is 1. The smallest absolute Gasteiger partial charge is 0.297 e. The lowest BCUT2D eigenvalue weighted by molar-refractivity contribution is -0.384. The number of aryl methyl sites for hydroxylation is 1. The van der Waals surface area contributed by atoms with E-state index >= 15 is 0 Å². The lowest BCUT2D eigenvalue weighted by Crippen LogP contribution is -2.43. The number of nitro groups is 1. The molecule has 4 rings (SSSR count). The molecule has 1 N–H and O–H groups in total. The van der Waals surface area contributed by atoms with E-state index in [4.69, 9.17) is 15.8 Å². The second-order valence-electron chi connectivity index (χ2n) is 9.22. The number of rotatable bonds is 10. The van der Waals surface area contributed by atoms with Crippen molar-refractivity contribution in [2.24, 2.45) is 0 Å². The van der Waals surface area contributed by atoms with E-state index in [-0.39, 0.29) is 29.5 Å². The van der Waals surface area contributed by atoms with Gasteiger partial charge >= 0.3 is 0 Å². The van der Waals surface area contributed by atoms with Gasteiger partial charge in [-0.1, -0.05) is 59.6 Å². The number of benzene rings is 3. The molecule has 1 amide bonds. The lowest BCUT2D eigenvalue weighted by atomic mass is 10.1. The van der Waals surface area contributed by atoms with Crippen LogP contribution in [-0.4, -0.2) is 49.4 Å². The Bertz CT molecular complexity index is 1400. The maximum Gasteiger partial charge on any atom is 0.297 e. The summed E-state index contributed by atoms with van der Waals surface area (Å²) in [6.45, 7) is 2.77. The molecule has 1 aliphatic heterocycles. The molecule has 0 aromatic heterocycles. The third-order valence-electron chi connectivity index (χ3n) is 6.43. The standard InChI is InChI=1S/C27H28ClN3O6S/c1-19-6-12-24(13-7-19)38(35,36)37-23-16-26(30(18-23)17-21-4-2-3-5-25(21)28)27(32)29-15-14-20-8-10-22(11-9-20)31(33)34/h2-13,23,26H,14-18H2,1H3,(H,29,32)/t23-,26+/m1/s1. The summed E-state index contributed by atoms with van der Waals surface area (Å²) < 4.78 is 31.3. The lowest BCUT2D eigenvalue weighted by Gasteiger charge is -2.24. The average molecular weight is 558 g/mol. The van der Waals surface area contributed by atoms with Crippen LogP contribution in [-0.2, 0) is 32.1 Å². The highest BCUT2D eigenvalue weighted by molar-refractivity contribution is 7.86. The summed E-state index contributed by atoms with van der Waals surface area (Å²) in [4.78, 5) is 25.5. The van der Waals surface area contributed by atoms with Crippen LogP contribution in [0.4, 0.5) is 5.69 Å². The quantitative estimate of drug-likeness (QED) is 0.225. The van der Waals surface area contributed by atoms with Gasteiger partial charge in [0.05, 0.1) is 22.0 Å². The van der Waals surface area contributed by atoms with Gasteiger partial charge in [0, 0.05) is 43.2 Å². The number of non-ortho nitro benzene ring substituents is 1. The second-order valence-corrected chi connectivity index (χ2v) is 11.2. The largest absolute Gasteiger partial charge is 0.354 e. The van der Waals surface area contributed by atoms with Crippen molar-refractivity contribution in [2.75, 3.05) is 13.1 Å². The molecule has 0 radical (unpaired) electrons. The minimum absolute atomic E-state index is 0.00517. The van der Waals surface area contributed by atoms with Crippen LogP contribution in [0.3, 0.4) is 0 Å². The molecule has 0 spiro atoms. The Morgan fingerprint density at radius 3 is 2.45 bits per heavy atom. The maximum absolute atomic E-state index is 13.2. The highest BCUT2D eigenvalue weighted by atomic mass is 35.5. The molecule has 3 aromatic rings. The van der Waals surface area contributed by atoms with Gasteiger partial charge in [-0.05, 0) is 42.7 Å². The molecule has 11 heteroatoms. The van der Waals surface area contributed by atoms with Crippen LogP contribution in [0.5, 0.6) is 0 Å². The van der Waals surface area contributed by atoms with Crippen molar-refractivity contribution in [1.29, 1.82) is 0 Å². The van der Waals surface area contributed by atoms with Crippen LogP contribution >= 0.6 is 11.6 Å². The van der Waals surface area contributed by atoms with Gasteiger partial charge in [0.25, 0.3) is 15.8 Å². The number of halogens is 1. The van der Waals surface area contributed by atoms with Crippen LogP contribution in [0.2, 0.25) is 5.02 Å². The molecular formula is C27H28ClN3O6S. The van der Waals surface area contributed by atoms with Gasteiger partial charge in [0.15, 0.2) is 0 Å². The number of amides is 1. The molecule has 0 saturated carbocycles. The molecule has 1 aliphatic rings. The first-order valence-electron chi connectivity index (χ1n) is 12.1. The number of nitro benzene ring substituents is 1. The van der Waals surface area contributed by atoms with Crippen molar-refractivity contribution in [3.8, 4) is 0 Å². The third kappa shape index (κ3) is 6.96. The zero-order chi connectivity index (χ0) is 27.3. The highest BCUT2D eigenvalue weighted by Crippen LogP contribution is 2.28. The molecule has 1 fully saturated rings. The summed E-state index contributed by atoms with van der Waals surface area (Å²) in [5.74, 6) is -0.252. The fourth-order valence-electron chi connectivity index (χ4n) is 4.40. The van der Waals surface area contributed by atoms with Crippen molar-refractivity contribution in [3.05, 3.63) is 105 Å². The first-order chi connectivity index (χ1) is 18.1. The van der Waals surface area contributed by atoms with Gasteiger partial charge in [0.2, 0.25) is 5.91 Å². The summed E-state index contributed by atoms with van der Waals surface area (Å²) in [6, 6.07) is 19.3. The molecule has 9 nitrogen and oxygen atoms in total. The first-order valence-corrected chi connectivity index (χ1v) is 13.9. The van der Waals surface area contributed by atoms with Gasteiger partial charge in [-0.3, -0.25) is 24.0 Å².